The molecule has 7 nitrogen and oxygen atoms in total. The summed E-state index contributed by atoms with van der Waals surface area (Å²) in [4.78, 5) is 14.3. The number of nitrogens with one attached hydrogen (secondary N) is 1. The Balaban J connectivity index is 2.15. The van der Waals surface area contributed by atoms with Gasteiger partial charge in [0.2, 0.25) is 0 Å². The molecule has 28 heavy (non-hydrogen) atoms. The second-order valence-electron chi connectivity index (χ2n) is 7.17. The third-order valence-electron chi connectivity index (χ3n) is 4.73. The Kier molecular flexibility index (Phi) is 7.61. The Morgan fingerprint density at radius 3 is 2.57 bits per heavy atom. The normalized spacial score (nSPS) is 18.7. The van der Waals surface area contributed by atoms with Crippen molar-refractivity contribution in [1.29, 1.82) is 5.26 Å². The summed E-state index contributed by atoms with van der Waals surface area (Å²) in [6.45, 7) is 4.94. The predicted octanol–water partition coefficient (Wildman–Crippen LogP) is 2.29. The second kappa shape index (κ2) is 9.71. The monoisotopic (exact) mass is 405 g/mol. The van der Waals surface area contributed by atoms with Crippen LogP contribution in [0.2, 0.25) is 0 Å². The molecular weight excluding hydrogens is 378 g/mol. The number of sulfone groups is 1. The lowest BCUT2D eigenvalue weighted by Crippen LogP contribution is -2.35. The summed E-state index contributed by atoms with van der Waals surface area (Å²) < 4.78 is 28.7. The fourth-order valence-electron chi connectivity index (χ4n) is 3.04. The van der Waals surface area contributed by atoms with Crippen LogP contribution in [0.5, 0.6) is 0 Å². The molecule has 1 aromatic rings. The van der Waals surface area contributed by atoms with Gasteiger partial charge in [0.05, 0.1) is 18.1 Å². The number of anilines is 1. The largest absolute Gasteiger partial charge is 0.383 e. The number of nitrogens with zero attached hydrogens (tertiary/aromatic N) is 2. The van der Waals surface area contributed by atoms with Gasteiger partial charge in [-0.15, -0.1) is 0 Å². The van der Waals surface area contributed by atoms with Crippen molar-refractivity contribution in [1.82, 2.24) is 4.90 Å². The van der Waals surface area contributed by atoms with Gasteiger partial charge in [-0.3, -0.25) is 4.79 Å². The van der Waals surface area contributed by atoms with Gasteiger partial charge < -0.3 is 15.0 Å². The molecule has 0 spiro atoms. The van der Waals surface area contributed by atoms with Crippen LogP contribution in [0, 0.1) is 11.3 Å². The lowest BCUT2D eigenvalue weighted by molar-refractivity contribution is -0.112. The molecule has 0 bridgehead atoms. The first-order valence-electron chi connectivity index (χ1n) is 9.24. The lowest BCUT2D eigenvalue weighted by atomic mass is 10.0. The molecule has 152 valence electrons. The number of carbonyl (C=O) groups is 1. The van der Waals surface area contributed by atoms with Gasteiger partial charge in [-0.25, -0.2) is 8.42 Å². The van der Waals surface area contributed by atoms with Gasteiger partial charge in [0, 0.05) is 31.6 Å². The minimum atomic E-state index is -3.08. The molecule has 0 aromatic heterocycles. The number of hydrogen-bond acceptors (Lipinski definition) is 6. The number of methoxy groups -OCH3 is 1. The molecule has 1 unspecified atom stereocenters. The molecule has 1 aliphatic heterocycles. The first kappa shape index (κ1) is 21.9. The minimum Gasteiger partial charge on any atom is -0.383 e. The Morgan fingerprint density at radius 2 is 2.07 bits per heavy atom. The number of carbonyl (C=O) groups excluding carboxylic acids is 1. The van der Waals surface area contributed by atoms with E-state index in [2.05, 4.69) is 19.2 Å². The van der Waals surface area contributed by atoms with Crippen LogP contribution in [0.15, 0.2) is 36.0 Å². The smallest absolute Gasteiger partial charge is 0.267 e. The number of nitriles is 1. The lowest BCUT2D eigenvalue weighted by Gasteiger charge is -2.26. The van der Waals surface area contributed by atoms with Gasteiger partial charge >= 0.3 is 0 Å². The van der Waals surface area contributed by atoms with Crippen molar-refractivity contribution in [3.63, 3.8) is 0 Å². The zero-order valence-electron chi connectivity index (χ0n) is 16.5. The van der Waals surface area contributed by atoms with E-state index in [4.69, 9.17) is 4.74 Å². The molecule has 2 rings (SSSR count). The fourth-order valence-corrected chi connectivity index (χ4v) is 4.78. The molecular formula is C20H27N3O4S. The van der Waals surface area contributed by atoms with Crippen molar-refractivity contribution in [2.24, 2.45) is 0 Å². The quantitative estimate of drug-likeness (QED) is 0.526. The Labute approximate surface area is 166 Å². The van der Waals surface area contributed by atoms with E-state index in [1.54, 1.807) is 24.1 Å². The molecule has 0 aliphatic carbocycles. The standard InChI is InChI=1S/C20H27N3O4S/c1-15(2)16-4-6-18(7-5-16)22-20(24)17(12-21)13-23(9-10-27-3)19-8-11-28(25,26)14-19/h4-7,13,15,19H,8-11,14H2,1-3H3,(H,22,24)/b17-13-. The van der Waals surface area contributed by atoms with Gasteiger partial charge in [-0.1, -0.05) is 26.0 Å². The van der Waals surface area contributed by atoms with Crippen LogP contribution in [-0.4, -0.2) is 57.0 Å². The maximum Gasteiger partial charge on any atom is 0.267 e. The highest BCUT2D eigenvalue weighted by atomic mass is 32.2. The van der Waals surface area contributed by atoms with E-state index < -0.39 is 15.7 Å². The molecule has 0 radical (unpaired) electrons. The molecule has 1 aliphatic rings. The maximum absolute atomic E-state index is 12.5. The molecule has 1 atom stereocenters. The average Bonchev–Trinajstić information content (AvgIpc) is 3.02. The SMILES string of the molecule is COCCN(/C=C(/C#N)C(=O)Nc1ccc(C(C)C)cc1)C1CCS(=O)(=O)C1. The molecule has 1 aromatic carbocycles. The number of ether oxygens (including phenoxy) is 1. The van der Waals surface area contributed by atoms with Crippen LogP contribution in [0.4, 0.5) is 5.69 Å². The molecule has 8 heteroatoms. The summed E-state index contributed by atoms with van der Waals surface area (Å²) in [7, 11) is -1.54. The van der Waals surface area contributed by atoms with E-state index in [0.717, 1.165) is 5.56 Å². The first-order chi connectivity index (χ1) is 13.3. The van der Waals surface area contributed by atoms with Crippen molar-refractivity contribution in [3.8, 4) is 6.07 Å². The van der Waals surface area contributed by atoms with Crippen LogP contribution in [0.25, 0.3) is 0 Å². The van der Waals surface area contributed by atoms with E-state index in [0.29, 0.717) is 31.2 Å². The highest BCUT2D eigenvalue weighted by molar-refractivity contribution is 7.91. The summed E-state index contributed by atoms with van der Waals surface area (Å²) in [5, 5.41) is 12.2. The van der Waals surface area contributed by atoms with Crippen molar-refractivity contribution in [2.45, 2.75) is 32.2 Å². The van der Waals surface area contributed by atoms with Crippen molar-refractivity contribution < 1.29 is 17.9 Å². The van der Waals surface area contributed by atoms with E-state index in [9.17, 15) is 18.5 Å². The minimum absolute atomic E-state index is 0.0181. The molecule has 1 N–H and O–H groups in total. The van der Waals surface area contributed by atoms with E-state index >= 15 is 0 Å². The van der Waals surface area contributed by atoms with Crippen molar-refractivity contribution in [2.75, 3.05) is 37.1 Å². The molecule has 0 saturated carbocycles. The summed E-state index contributed by atoms with van der Waals surface area (Å²) in [5.41, 5.74) is 1.68. The van der Waals surface area contributed by atoms with Gasteiger partial charge in [0.1, 0.15) is 11.6 Å². The molecule has 1 fully saturated rings. The summed E-state index contributed by atoms with van der Waals surface area (Å²) in [6.07, 6.45) is 1.92. The highest BCUT2D eigenvalue weighted by Crippen LogP contribution is 2.20. The number of hydrogen-bond donors (Lipinski definition) is 1. The van der Waals surface area contributed by atoms with Crippen LogP contribution in [-0.2, 0) is 19.4 Å². The van der Waals surface area contributed by atoms with Crippen LogP contribution in [0.3, 0.4) is 0 Å². The summed E-state index contributed by atoms with van der Waals surface area (Å²) in [6, 6.07) is 9.13. The highest BCUT2D eigenvalue weighted by Gasteiger charge is 2.31. The van der Waals surface area contributed by atoms with Crippen LogP contribution < -0.4 is 5.32 Å². The van der Waals surface area contributed by atoms with E-state index in [1.807, 2.05) is 18.2 Å². The molecule has 1 heterocycles. The van der Waals surface area contributed by atoms with Crippen molar-refractivity contribution >= 4 is 21.4 Å². The van der Waals surface area contributed by atoms with Gasteiger partial charge in [-0.05, 0) is 30.0 Å². The van der Waals surface area contributed by atoms with Crippen LogP contribution >= 0.6 is 0 Å². The third kappa shape index (κ3) is 6.08. The van der Waals surface area contributed by atoms with Gasteiger partial charge in [-0.2, -0.15) is 5.26 Å². The first-order valence-corrected chi connectivity index (χ1v) is 11.1. The number of benzene rings is 1. The second-order valence-corrected chi connectivity index (χ2v) is 9.40. The van der Waals surface area contributed by atoms with E-state index in [-0.39, 0.29) is 23.1 Å². The van der Waals surface area contributed by atoms with Crippen LogP contribution in [0.1, 0.15) is 31.7 Å². The van der Waals surface area contributed by atoms with E-state index in [1.165, 1.54) is 6.20 Å². The molecule has 1 saturated heterocycles. The zero-order valence-corrected chi connectivity index (χ0v) is 17.3. The predicted molar refractivity (Wildman–Crippen MR) is 108 cm³/mol. The Morgan fingerprint density at radius 1 is 1.39 bits per heavy atom. The average molecular weight is 406 g/mol. The number of rotatable bonds is 8. The molecule has 1 amide bonds. The Hall–Kier alpha value is -2.37. The number of amides is 1. The third-order valence-corrected chi connectivity index (χ3v) is 6.48. The zero-order chi connectivity index (χ0) is 20.7. The fraction of sp³-hybridized carbons (Fsp3) is 0.500. The Bertz CT molecular complexity index is 854. The van der Waals surface area contributed by atoms with Crippen molar-refractivity contribution in [3.05, 3.63) is 41.6 Å². The van der Waals surface area contributed by atoms with Gasteiger partial charge in [0.25, 0.3) is 5.91 Å². The topological polar surface area (TPSA) is 99.5 Å². The maximum atomic E-state index is 12.5. The van der Waals surface area contributed by atoms with Gasteiger partial charge in [0.15, 0.2) is 9.84 Å². The summed E-state index contributed by atoms with van der Waals surface area (Å²) >= 11 is 0. The summed E-state index contributed by atoms with van der Waals surface area (Å²) in [5.74, 6) is -0.00502.